The Morgan fingerprint density at radius 3 is 2.10 bits per heavy atom. The number of rotatable bonds is 10. The second-order valence-electron chi connectivity index (χ2n) is 5.91. The Morgan fingerprint density at radius 1 is 1.05 bits per heavy atom. The van der Waals surface area contributed by atoms with Gasteiger partial charge in [-0.25, -0.2) is 4.98 Å². The van der Waals surface area contributed by atoms with Gasteiger partial charge in [-0.15, -0.1) is 11.3 Å². The Kier molecular flexibility index (Phi) is 9.23. The predicted octanol–water partition coefficient (Wildman–Crippen LogP) is 7.32. The van der Waals surface area contributed by atoms with Crippen LogP contribution in [0.25, 0.3) is 0 Å². The standard InChI is InChI=1S/C16H27BrINS/c1-4-6-8-10-12-16(3,11-9-7-5-2)15-19-13(17)14(18)20-15/h4-12H2,1-3H3. The smallest absolute Gasteiger partial charge is 0.130 e. The predicted molar refractivity (Wildman–Crippen MR) is 103 cm³/mol. The lowest BCUT2D eigenvalue weighted by Gasteiger charge is -2.27. The summed E-state index contributed by atoms with van der Waals surface area (Å²) in [5, 5.41) is 1.33. The van der Waals surface area contributed by atoms with Crippen molar-refractivity contribution in [1.29, 1.82) is 0 Å². The normalized spacial score (nSPS) is 14.4. The second-order valence-corrected chi connectivity index (χ2v) is 9.47. The average molecular weight is 472 g/mol. The van der Waals surface area contributed by atoms with Crippen LogP contribution in [-0.4, -0.2) is 4.98 Å². The Labute approximate surface area is 150 Å². The van der Waals surface area contributed by atoms with Gasteiger partial charge in [-0.05, 0) is 51.4 Å². The maximum Gasteiger partial charge on any atom is 0.130 e. The van der Waals surface area contributed by atoms with Crippen molar-refractivity contribution in [2.45, 2.75) is 84.0 Å². The molecule has 0 fully saturated rings. The van der Waals surface area contributed by atoms with Crippen molar-refractivity contribution < 1.29 is 0 Å². The van der Waals surface area contributed by atoms with Gasteiger partial charge in [-0.1, -0.05) is 65.7 Å². The maximum atomic E-state index is 4.79. The first-order valence-corrected chi connectivity index (χ1v) is 10.5. The van der Waals surface area contributed by atoms with Gasteiger partial charge < -0.3 is 0 Å². The Hall–Kier alpha value is 0.840. The van der Waals surface area contributed by atoms with Crippen LogP contribution in [0.2, 0.25) is 0 Å². The number of thiazole rings is 1. The molecule has 1 heterocycles. The molecule has 0 amide bonds. The highest BCUT2D eigenvalue weighted by Crippen LogP contribution is 2.40. The summed E-state index contributed by atoms with van der Waals surface area (Å²) in [7, 11) is 0. The average Bonchev–Trinajstić information content (AvgIpc) is 2.76. The van der Waals surface area contributed by atoms with Gasteiger partial charge >= 0.3 is 0 Å². The molecule has 20 heavy (non-hydrogen) atoms. The van der Waals surface area contributed by atoms with Crippen LogP contribution in [0.5, 0.6) is 0 Å². The third kappa shape index (κ3) is 5.91. The Balaban J connectivity index is 2.71. The minimum atomic E-state index is 0.277. The van der Waals surface area contributed by atoms with Crippen LogP contribution in [-0.2, 0) is 5.41 Å². The summed E-state index contributed by atoms with van der Waals surface area (Å²) in [4.78, 5) is 4.79. The van der Waals surface area contributed by atoms with E-state index in [0.29, 0.717) is 0 Å². The SMILES string of the molecule is CCCCCCC(C)(CCCCC)c1nc(Br)c(I)s1. The van der Waals surface area contributed by atoms with E-state index in [4.69, 9.17) is 4.98 Å². The highest BCUT2D eigenvalue weighted by Gasteiger charge is 2.29. The number of hydrogen-bond donors (Lipinski definition) is 0. The molecular formula is C16H27BrINS. The van der Waals surface area contributed by atoms with Gasteiger partial charge in [0.2, 0.25) is 0 Å². The molecule has 1 rings (SSSR count). The van der Waals surface area contributed by atoms with E-state index in [2.05, 4.69) is 59.3 Å². The third-order valence-electron chi connectivity index (χ3n) is 3.98. The molecule has 1 atom stereocenters. The van der Waals surface area contributed by atoms with Gasteiger partial charge in [0.15, 0.2) is 0 Å². The lowest BCUT2D eigenvalue weighted by atomic mass is 9.80. The van der Waals surface area contributed by atoms with Crippen LogP contribution >= 0.6 is 49.9 Å². The zero-order valence-electron chi connectivity index (χ0n) is 13.0. The van der Waals surface area contributed by atoms with Gasteiger partial charge in [-0.2, -0.15) is 0 Å². The molecule has 0 bridgehead atoms. The number of hydrogen-bond acceptors (Lipinski definition) is 2. The summed E-state index contributed by atoms with van der Waals surface area (Å²) in [6.45, 7) is 6.98. The summed E-state index contributed by atoms with van der Waals surface area (Å²) < 4.78 is 2.32. The van der Waals surface area contributed by atoms with E-state index < -0.39 is 0 Å². The number of halogens is 2. The first-order valence-electron chi connectivity index (χ1n) is 7.85. The van der Waals surface area contributed by atoms with Gasteiger partial charge in [-0.3, -0.25) is 0 Å². The summed E-state index contributed by atoms with van der Waals surface area (Å²) in [5.41, 5.74) is 0.277. The van der Waals surface area contributed by atoms with Crippen LogP contribution < -0.4 is 0 Å². The molecule has 0 N–H and O–H groups in total. The van der Waals surface area contributed by atoms with Crippen LogP contribution in [0.4, 0.5) is 0 Å². The van der Waals surface area contributed by atoms with Crippen molar-refractivity contribution in [3.63, 3.8) is 0 Å². The van der Waals surface area contributed by atoms with Gasteiger partial charge in [0.25, 0.3) is 0 Å². The highest BCUT2D eigenvalue weighted by atomic mass is 127. The van der Waals surface area contributed by atoms with E-state index in [0.717, 1.165) is 4.60 Å². The molecule has 1 aromatic heterocycles. The van der Waals surface area contributed by atoms with E-state index in [-0.39, 0.29) is 5.41 Å². The molecule has 0 aromatic carbocycles. The van der Waals surface area contributed by atoms with E-state index in [9.17, 15) is 0 Å². The van der Waals surface area contributed by atoms with Crippen molar-refractivity contribution >= 4 is 49.9 Å². The zero-order chi connectivity index (χ0) is 15.0. The summed E-state index contributed by atoms with van der Waals surface area (Å²) >= 11 is 7.84. The molecule has 1 nitrogen and oxygen atoms in total. The second kappa shape index (κ2) is 9.78. The van der Waals surface area contributed by atoms with Crippen molar-refractivity contribution in [2.24, 2.45) is 0 Å². The van der Waals surface area contributed by atoms with Crippen LogP contribution in [0.15, 0.2) is 4.60 Å². The number of unbranched alkanes of at least 4 members (excludes halogenated alkanes) is 5. The number of aromatic nitrogens is 1. The van der Waals surface area contributed by atoms with Crippen molar-refractivity contribution in [3.05, 3.63) is 12.5 Å². The number of nitrogens with zero attached hydrogens (tertiary/aromatic N) is 1. The first kappa shape index (κ1) is 18.9. The highest BCUT2D eigenvalue weighted by molar-refractivity contribution is 14.1. The van der Waals surface area contributed by atoms with E-state index >= 15 is 0 Å². The molecule has 0 radical (unpaired) electrons. The minimum absolute atomic E-state index is 0.277. The Morgan fingerprint density at radius 2 is 1.60 bits per heavy atom. The van der Waals surface area contributed by atoms with Crippen LogP contribution in [0.1, 0.15) is 83.6 Å². The molecule has 0 aliphatic rings. The van der Waals surface area contributed by atoms with E-state index in [1.54, 1.807) is 0 Å². The molecule has 0 saturated heterocycles. The lowest BCUT2D eigenvalue weighted by molar-refractivity contribution is 0.364. The Bertz CT molecular complexity index is 374. The first-order chi connectivity index (χ1) is 9.53. The van der Waals surface area contributed by atoms with Gasteiger partial charge in [0.05, 0.1) is 2.88 Å². The van der Waals surface area contributed by atoms with E-state index in [1.807, 2.05) is 11.3 Å². The van der Waals surface area contributed by atoms with Crippen molar-refractivity contribution in [1.82, 2.24) is 4.98 Å². The fourth-order valence-corrected chi connectivity index (χ4v) is 4.76. The van der Waals surface area contributed by atoms with Crippen molar-refractivity contribution in [3.8, 4) is 0 Å². The van der Waals surface area contributed by atoms with Gasteiger partial charge in [0, 0.05) is 5.41 Å². The largest absolute Gasteiger partial charge is 0.233 e. The molecule has 1 unspecified atom stereocenters. The topological polar surface area (TPSA) is 12.9 Å². The molecule has 0 aliphatic carbocycles. The van der Waals surface area contributed by atoms with Crippen LogP contribution in [0, 0.1) is 2.88 Å². The molecule has 1 aromatic rings. The van der Waals surface area contributed by atoms with E-state index in [1.165, 1.54) is 65.7 Å². The zero-order valence-corrected chi connectivity index (χ0v) is 17.5. The van der Waals surface area contributed by atoms with Gasteiger partial charge in [0.1, 0.15) is 9.61 Å². The third-order valence-corrected chi connectivity index (χ3v) is 7.88. The minimum Gasteiger partial charge on any atom is -0.233 e. The summed E-state index contributed by atoms with van der Waals surface area (Å²) in [6, 6.07) is 0. The maximum absolute atomic E-state index is 4.79. The molecule has 0 saturated carbocycles. The quantitative estimate of drug-likeness (QED) is 0.257. The van der Waals surface area contributed by atoms with Crippen LogP contribution in [0.3, 0.4) is 0 Å². The molecular weight excluding hydrogens is 445 g/mol. The fraction of sp³-hybridized carbons (Fsp3) is 0.812. The lowest BCUT2D eigenvalue weighted by Crippen LogP contribution is -2.22. The molecule has 0 aliphatic heterocycles. The molecule has 4 heteroatoms. The molecule has 116 valence electrons. The molecule has 0 spiro atoms. The van der Waals surface area contributed by atoms with Crippen molar-refractivity contribution in [2.75, 3.05) is 0 Å². The fourth-order valence-electron chi connectivity index (χ4n) is 2.59. The summed E-state index contributed by atoms with van der Waals surface area (Å²) in [6.07, 6.45) is 11.9. The summed E-state index contributed by atoms with van der Waals surface area (Å²) in [5.74, 6) is 0. The monoisotopic (exact) mass is 471 g/mol.